The third-order valence-electron chi connectivity index (χ3n) is 2.84. The highest BCUT2D eigenvalue weighted by atomic mass is 32.2. The Bertz CT molecular complexity index is 568. The Balaban J connectivity index is 2.31. The second-order valence-electron chi connectivity index (χ2n) is 4.19. The monoisotopic (exact) mass is 270 g/mol. The standard InChI is InChI=1S/C16H18N2S/c1-4-7-13(10-11-17-2)12-16-18(3)14-8-5-6-9-15(14)19-16/h4-12H,1-3H3/b7-4-,13-10+,16-12-,17-11+. The molecule has 2 rings (SSSR count). The number of allylic oxidation sites excluding steroid dienone is 5. The van der Waals surface area contributed by atoms with Crippen molar-refractivity contribution in [3.8, 4) is 0 Å². The number of hydrogen-bond donors (Lipinski definition) is 0. The van der Waals surface area contributed by atoms with Gasteiger partial charge in [0.15, 0.2) is 0 Å². The van der Waals surface area contributed by atoms with E-state index in [1.54, 1.807) is 18.8 Å². The van der Waals surface area contributed by atoms with Crippen LogP contribution in [-0.4, -0.2) is 20.3 Å². The fourth-order valence-electron chi connectivity index (χ4n) is 1.89. The first kappa shape index (κ1) is 13.7. The summed E-state index contributed by atoms with van der Waals surface area (Å²) in [6.07, 6.45) is 10.2. The largest absolute Gasteiger partial charge is 0.338 e. The Hall–Kier alpha value is -1.74. The summed E-state index contributed by atoms with van der Waals surface area (Å²) in [7, 11) is 3.88. The lowest BCUT2D eigenvalue weighted by atomic mass is 10.2. The fraction of sp³-hybridized carbons (Fsp3) is 0.188. The van der Waals surface area contributed by atoms with Crippen LogP contribution in [0.4, 0.5) is 5.69 Å². The normalized spacial score (nSPS) is 17.9. The van der Waals surface area contributed by atoms with Crippen LogP contribution in [0.2, 0.25) is 0 Å². The molecule has 1 aromatic carbocycles. The molecule has 1 heterocycles. The van der Waals surface area contributed by atoms with Gasteiger partial charge in [-0.1, -0.05) is 36.0 Å². The quantitative estimate of drug-likeness (QED) is 0.602. The van der Waals surface area contributed by atoms with Gasteiger partial charge in [-0.2, -0.15) is 0 Å². The molecule has 1 aliphatic rings. The van der Waals surface area contributed by atoms with Crippen molar-refractivity contribution in [1.29, 1.82) is 0 Å². The van der Waals surface area contributed by atoms with Gasteiger partial charge in [-0.05, 0) is 36.8 Å². The minimum Gasteiger partial charge on any atom is -0.338 e. The van der Waals surface area contributed by atoms with Gasteiger partial charge in [0.05, 0.1) is 10.7 Å². The molecular weight excluding hydrogens is 252 g/mol. The molecule has 0 spiro atoms. The van der Waals surface area contributed by atoms with Crippen molar-refractivity contribution in [2.24, 2.45) is 4.99 Å². The molecule has 0 N–H and O–H groups in total. The van der Waals surface area contributed by atoms with Crippen LogP contribution < -0.4 is 4.90 Å². The van der Waals surface area contributed by atoms with Crippen molar-refractivity contribution in [1.82, 2.24) is 0 Å². The van der Waals surface area contributed by atoms with Crippen LogP contribution in [-0.2, 0) is 0 Å². The number of aliphatic imine (C=N–C) groups is 1. The van der Waals surface area contributed by atoms with Crippen LogP contribution in [0.25, 0.3) is 0 Å². The topological polar surface area (TPSA) is 15.6 Å². The maximum Gasteiger partial charge on any atom is 0.0804 e. The van der Waals surface area contributed by atoms with Gasteiger partial charge in [-0.25, -0.2) is 0 Å². The van der Waals surface area contributed by atoms with Gasteiger partial charge in [0.25, 0.3) is 0 Å². The molecule has 1 aliphatic heterocycles. The van der Waals surface area contributed by atoms with E-state index in [9.17, 15) is 0 Å². The highest BCUT2D eigenvalue weighted by Gasteiger charge is 2.20. The average Bonchev–Trinajstić information content (AvgIpc) is 2.74. The van der Waals surface area contributed by atoms with Gasteiger partial charge in [-0.15, -0.1) is 0 Å². The minimum atomic E-state index is 1.15. The van der Waals surface area contributed by atoms with Crippen molar-refractivity contribution in [2.75, 3.05) is 19.0 Å². The van der Waals surface area contributed by atoms with Crippen LogP contribution >= 0.6 is 11.8 Å². The molecule has 0 unspecified atom stereocenters. The maximum atomic E-state index is 4.01. The zero-order valence-electron chi connectivity index (χ0n) is 11.5. The fourth-order valence-corrected chi connectivity index (χ4v) is 3.01. The summed E-state index contributed by atoms with van der Waals surface area (Å²) in [6.45, 7) is 2.02. The van der Waals surface area contributed by atoms with E-state index in [4.69, 9.17) is 0 Å². The van der Waals surface area contributed by atoms with Gasteiger partial charge in [0.2, 0.25) is 0 Å². The van der Waals surface area contributed by atoms with Crippen LogP contribution in [0, 0.1) is 0 Å². The van der Waals surface area contributed by atoms with Crippen LogP contribution in [0.15, 0.2) is 69.1 Å². The Morgan fingerprint density at radius 1 is 1.32 bits per heavy atom. The Kier molecular flexibility index (Phi) is 4.63. The number of thioether (sulfide) groups is 1. The van der Waals surface area contributed by atoms with Gasteiger partial charge in [0, 0.05) is 25.2 Å². The molecular formula is C16H18N2S. The molecule has 3 heteroatoms. The lowest BCUT2D eigenvalue weighted by Crippen LogP contribution is -2.09. The zero-order chi connectivity index (χ0) is 13.7. The minimum absolute atomic E-state index is 1.15. The van der Waals surface area contributed by atoms with Crippen molar-refractivity contribution < 1.29 is 0 Å². The van der Waals surface area contributed by atoms with Crippen molar-refractivity contribution in [3.63, 3.8) is 0 Å². The number of anilines is 1. The Labute approximate surface area is 119 Å². The van der Waals surface area contributed by atoms with E-state index in [0.29, 0.717) is 0 Å². The zero-order valence-corrected chi connectivity index (χ0v) is 12.3. The summed E-state index contributed by atoms with van der Waals surface area (Å²) in [6, 6.07) is 8.46. The first-order valence-electron chi connectivity index (χ1n) is 6.23. The summed E-state index contributed by atoms with van der Waals surface area (Å²) in [4.78, 5) is 7.53. The van der Waals surface area contributed by atoms with E-state index in [2.05, 4.69) is 53.4 Å². The van der Waals surface area contributed by atoms with Gasteiger partial charge < -0.3 is 4.90 Å². The third-order valence-corrected chi connectivity index (χ3v) is 4.00. The van der Waals surface area contributed by atoms with Crippen molar-refractivity contribution in [3.05, 3.63) is 59.2 Å². The van der Waals surface area contributed by atoms with Crippen molar-refractivity contribution >= 4 is 23.7 Å². The highest BCUT2D eigenvalue weighted by Crippen LogP contribution is 2.44. The second-order valence-corrected chi connectivity index (χ2v) is 5.25. The molecule has 0 amide bonds. The summed E-state index contributed by atoms with van der Waals surface area (Å²) in [5, 5.41) is 1.23. The van der Waals surface area contributed by atoms with E-state index < -0.39 is 0 Å². The molecule has 0 saturated heterocycles. The smallest absolute Gasteiger partial charge is 0.0804 e. The predicted octanol–water partition coefficient (Wildman–Crippen LogP) is 4.27. The van der Waals surface area contributed by atoms with Crippen LogP contribution in [0.3, 0.4) is 0 Å². The first-order chi connectivity index (χ1) is 9.26. The molecule has 0 saturated carbocycles. The molecule has 0 radical (unpaired) electrons. The van der Waals surface area contributed by atoms with E-state index in [0.717, 1.165) is 5.57 Å². The van der Waals surface area contributed by atoms with E-state index in [-0.39, 0.29) is 0 Å². The van der Waals surface area contributed by atoms with E-state index in [1.165, 1.54) is 15.6 Å². The lowest BCUT2D eigenvalue weighted by molar-refractivity contribution is 1.17. The van der Waals surface area contributed by atoms with E-state index >= 15 is 0 Å². The number of benzene rings is 1. The number of rotatable bonds is 3. The predicted molar refractivity (Wildman–Crippen MR) is 86.1 cm³/mol. The molecule has 0 aromatic heterocycles. The van der Waals surface area contributed by atoms with Gasteiger partial charge >= 0.3 is 0 Å². The number of nitrogens with zero attached hydrogens (tertiary/aromatic N) is 2. The second kappa shape index (κ2) is 6.43. The third kappa shape index (κ3) is 3.18. The lowest BCUT2D eigenvalue weighted by Gasteiger charge is -2.13. The number of hydrogen-bond acceptors (Lipinski definition) is 3. The number of fused-ring (bicyclic) bond motifs is 1. The van der Waals surface area contributed by atoms with Gasteiger partial charge in [0.1, 0.15) is 0 Å². The summed E-state index contributed by atoms with van der Waals surface area (Å²) in [5.74, 6) is 0. The summed E-state index contributed by atoms with van der Waals surface area (Å²) in [5.41, 5.74) is 2.41. The van der Waals surface area contributed by atoms with Crippen LogP contribution in [0.1, 0.15) is 6.92 Å². The molecule has 0 bridgehead atoms. The summed E-state index contributed by atoms with van der Waals surface area (Å²) < 4.78 is 0. The summed E-state index contributed by atoms with van der Waals surface area (Å²) >= 11 is 1.80. The molecule has 0 atom stereocenters. The molecule has 0 fully saturated rings. The van der Waals surface area contributed by atoms with Crippen molar-refractivity contribution in [2.45, 2.75) is 11.8 Å². The Morgan fingerprint density at radius 2 is 2.11 bits per heavy atom. The first-order valence-corrected chi connectivity index (χ1v) is 7.05. The highest BCUT2D eigenvalue weighted by molar-refractivity contribution is 8.03. The number of para-hydroxylation sites is 1. The molecule has 1 aromatic rings. The molecule has 98 valence electrons. The SMILES string of the molecule is C\C=C/C(/C=C1\Sc2ccccc2N1C)=C\C=N\C. The van der Waals surface area contributed by atoms with Gasteiger partial charge in [-0.3, -0.25) is 4.99 Å². The van der Waals surface area contributed by atoms with Crippen LogP contribution in [0.5, 0.6) is 0 Å². The molecule has 0 aliphatic carbocycles. The van der Waals surface area contributed by atoms with E-state index in [1.807, 2.05) is 25.3 Å². The molecule has 2 nitrogen and oxygen atoms in total. The Morgan fingerprint density at radius 3 is 2.79 bits per heavy atom. The maximum absolute atomic E-state index is 4.01. The molecule has 19 heavy (non-hydrogen) atoms. The average molecular weight is 270 g/mol.